The van der Waals surface area contributed by atoms with Crippen molar-refractivity contribution in [1.29, 1.82) is 0 Å². The highest BCUT2D eigenvalue weighted by molar-refractivity contribution is 6.45. The Balaban J connectivity index is 1.78. The number of hydrogen-bond donors (Lipinski definition) is 1. The number of anilines is 1. The number of carbonyl (C=O) groups is 2. The fraction of sp³-hybridized carbons (Fsp3) is 0.333. The zero-order valence-electron chi connectivity index (χ0n) is 18.6. The highest BCUT2D eigenvalue weighted by Gasteiger charge is 2.43. The summed E-state index contributed by atoms with van der Waals surface area (Å²) in [5, 5.41) is 9.22. The summed E-state index contributed by atoms with van der Waals surface area (Å²) >= 11 is 0. The molecule has 2 heterocycles. The largest absolute Gasteiger partial charge is 0.493 e. The summed E-state index contributed by atoms with van der Waals surface area (Å²) in [4.78, 5) is 32.2. The van der Waals surface area contributed by atoms with Crippen LogP contribution in [0.4, 0.5) is 10.1 Å². The molecule has 0 bridgehead atoms. The van der Waals surface area contributed by atoms with Crippen LogP contribution in [0.1, 0.15) is 5.56 Å². The van der Waals surface area contributed by atoms with Gasteiger partial charge in [-0.3, -0.25) is 14.5 Å². The summed E-state index contributed by atoms with van der Waals surface area (Å²) in [5.41, 5.74) is 1.20. The number of halogens is 1. The molecule has 2 amide bonds. The minimum Gasteiger partial charge on any atom is -0.493 e. The van der Waals surface area contributed by atoms with Gasteiger partial charge in [-0.25, -0.2) is 9.29 Å². The Kier molecular flexibility index (Phi) is 6.62. The van der Waals surface area contributed by atoms with Gasteiger partial charge in [0, 0.05) is 32.7 Å². The number of nitrogens with zero attached hydrogens (tertiary/aromatic N) is 3. The van der Waals surface area contributed by atoms with E-state index < -0.39 is 17.6 Å². The SMILES string of the molecule is COc1ccc(C2=C(N3CCN(CCO)CC3)C(=O)N(c3cccc(F)c3)C2=O)cc1OC. The van der Waals surface area contributed by atoms with Crippen molar-refractivity contribution in [3.05, 3.63) is 59.5 Å². The van der Waals surface area contributed by atoms with Crippen LogP contribution in [0.25, 0.3) is 5.57 Å². The van der Waals surface area contributed by atoms with Crippen molar-refractivity contribution in [2.24, 2.45) is 0 Å². The molecule has 0 aromatic heterocycles. The number of ether oxygens (including phenoxy) is 2. The van der Waals surface area contributed by atoms with Crippen LogP contribution in [0.5, 0.6) is 11.5 Å². The lowest BCUT2D eigenvalue weighted by molar-refractivity contribution is -0.120. The molecule has 0 radical (unpaired) electrons. The average Bonchev–Trinajstić information content (AvgIpc) is 3.09. The van der Waals surface area contributed by atoms with Crippen LogP contribution in [0.2, 0.25) is 0 Å². The van der Waals surface area contributed by atoms with Crippen molar-refractivity contribution in [3.8, 4) is 11.5 Å². The topological polar surface area (TPSA) is 82.5 Å². The first-order valence-electron chi connectivity index (χ1n) is 10.7. The summed E-state index contributed by atoms with van der Waals surface area (Å²) in [6.07, 6.45) is 0. The lowest BCUT2D eigenvalue weighted by Gasteiger charge is -2.36. The third-order valence-electron chi connectivity index (χ3n) is 5.90. The van der Waals surface area contributed by atoms with E-state index in [4.69, 9.17) is 9.47 Å². The normalized spacial score (nSPS) is 17.2. The first kappa shape index (κ1) is 22.8. The Morgan fingerprint density at radius 1 is 0.939 bits per heavy atom. The van der Waals surface area contributed by atoms with E-state index in [0.717, 1.165) is 4.90 Å². The predicted molar refractivity (Wildman–Crippen MR) is 120 cm³/mol. The molecule has 2 aliphatic rings. The maximum absolute atomic E-state index is 13.9. The number of aliphatic hydroxyl groups excluding tert-OH is 1. The molecule has 1 fully saturated rings. The molecule has 4 rings (SSSR count). The molecule has 9 heteroatoms. The Bertz CT molecular complexity index is 1100. The standard InChI is InChI=1S/C24H26FN3O5/c1-32-19-7-6-16(14-20(19)33-2)21-22(27-10-8-26(9-11-27)12-13-29)24(31)28(23(21)30)18-5-3-4-17(25)15-18/h3-7,14-15,29H,8-13H2,1-2H3. The van der Waals surface area contributed by atoms with Gasteiger partial charge in [0.05, 0.1) is 32.1 Å². The van der Waals surface area contributed by atoms with Gasteiger partial charge in [0.1, 0.15) is 11.5 Å². The second-order valence-electron chi connectivity index (χ2n) is 7.77. The van der Waals surface area contributed by atoms with Crippen molar-refractivity contribution >= 4 is 23.1 Å². The lowest BCUT2D eigenvalue weighted by Crippen LogP contribution is -2.48. The molecule has 174 valence electrons. The van der Waals surface area contributed by atoms with E-state index in [1.807, 2.05) is 4.90 Å². The predicted octanol–water partition coefficient (Wildman–Crippen LogP) is 1.74. The molecule has 2 aromatic carbocycles. The number of methoxy groups -OCH3 is 2. The third kappa shape index (κ3) is 4.29. The van der Waals surface area contributed by atoms with Gasteiger partial charge in [0.2, 0.25) is 0 Å². The average molecular weight is 455 g/mol. The Hall–Kier alpha value is -3.43. The minimum atomic E-state index is -0.535. The van der Waals surface area contributed by atoms with Gasteiger partial charge >= 0.3 is 0 Å². The van der Waals surface area contributed by atoms with Crippen LogP contribution in [0.15, 0.2) is 48.2 Å². The van der Waals surface area contributed by atoms with Crippen LogP contribution in [0, 0.1) is 5.82 Å². The fourth-order valence-electron chi connectivity index (χ4n) is 4.25. The second kappa shape index (κ2) is 9.60. The number of piperazine rings is 1. The zero-order valence-corrected chi connectivity index (χ0v) is 18.6. The highest BCUT2D eigenvalue weighted by Crippen LogP contribution is 2.38. The van der Waals surface area contributed by atoms with E-state index in [0.29, 0.717) is 49.8 Å². The number of carbonyl (C=O) groups excluding carboxylic acids is 2. The van der Waals surface area contributed by atoms with Crippen molar-refractivity contribution in [3.63, 3.8) is 0 Å². The van der Waals surface area contributed by atoms with E-state index in [-0.39, 0.29) is 23.6 Å². The Morgan fingerprint density at radius 3 is 2.30 bits per heavy atom. The summed E-state index contributed by atoms with van der Waals surface area (Å²) in [7, 11) is 3.02. The number of hydrogen-bond acceptors (Lipinski definition) is 7. The summed E-state index contributed by atoms with van der Waals surface area (Å²) < 4.78 is 24.6. The van der Waals surface area contributed by atoms with Crippen molar-refractivity contribution in [1.82, 2.24) is 9.80 Å². The molecular formula is C24H26FN3O5. The van der Waals surface area contributed by atoms with Crippen LogP contribution in [-0.4, -0.2) is 80.3 Å². The molecule has 0 spiro atoms. The Morgan fingerprint density at radius 2 is 1.67 bits per heavy atom. The molecule has 2 aromatic rings. The quantitative estimate of drug-likeness (QED) is 0.637. The molecule has 0 atom stereocenters. The first-order chi connectivity index (χ1) is 16.0. The molecule has 0 aliphatic carbocycles. The summed E-state index contributed by atoms with van der Waals surface area (Å²) in [6.45, 7) is 2.93. The molecule has 1 saturated heterocycles. The number of benzene rings is 2. The van der Waals surface area contributed by atoms with Crippen LogP contribution in [-0.2, 0) is 9.59 Å². The monoisotopic (exact) mass is 455 g/mol. The molecule has 1 N–H and O–H groups in total. The van der Waals surface area contributed by atoms with E-state index in [2.05, 4.69) is 4.90 Å². The maximum atomic E-state index is 13.9. The second-order valence-corrected chi connectivity index (χ2v) is 7.77. The van der Waals surface area contributed by atoms with Crippen molar-refractivity contribution < 1.29 is 28.6 Å². The summed E-state index contributed by atoms with van der Waals surface area (Å²) in [5.74, 6) is -0.623. The lowest BCUT2D eigenvalue weighted by atomic mass is 10.0. The smallest absolute Gasteiger partial charge is 0.282 e. The third-order valence-corrected chi connectivity index (χ3v) is 5.90. The van der Waals surface area contributed by atoms with Crippen LogP contribution in [0.3, 0.4) is 0 Å². The van der Waals surface area contributed by atoms with Gasteiger partial charge in [0.25, 0.3) is 11.8 Å². The first-order valence-corrected chi connectivity index (χ1v) is 10.7. The van der Waals surface area contributed by atoms with E-state index in [9.17, 15) is 19.1 Å². The highest BCUT2D eigenvalue weighted by atomic mass is 19.1. The van der Waals surface area contributed by atoms with E-state index in [1.165, 1.54) is 38.5 Å². The van der Waals surface area contributed by atoms with Gasteiger partial charge in [-0.2, -0.15) is 0 Å². The van der Waals surface area contributed by atoms with Crippen LogP contribution >= 0.6 is 0 Å². The van der Waals surface area contributed by atoms with Crippen LogP contribution < -0.4 is 14.4 Å². The minimum absolute atomic E-state index is 0.0599. The van der Waals surface area contributed by atoms with Gasteiger partial charge in [0.15, 0.2) is 11.5 Å². The Labute approximate surface area is 191 Å². The number of rotatable bonds is 7. The van der Waals surface area contributed by atoms with Gasteiger partial charge < -0.3 is 19.5 Å². The van der Waals surface area contributed by atoms with Crippen molar-refractivity contribution in [2.75, 3.05) is 58.5 Å². The molecule has 0 unspecified atom stereocenters. The molecular weight excluding hydrogens is 429 g/mol. The van der Waals surface area contributed by atoms with Gasteiger partial charge in [-0.1, -0.05) is 12.1 Å². The molecule has 2 aliphatic heterocycles. The van der Waals surface area contributed by atoms with Crippen molar-refractivity contribution in [2.45, 2.75) is 0 Å². The fourth-order valence-corrected chi connectivity index (χ4v) is 4.25. The molecule has 33 heavy (non-hydrogen) atoms. The number of imide groups is 1. The number of aliphatic hydroxyl groups is 1. The maximum Gasteiger partial charge on any atom is 0.282 e. The van der Waals surface area contributed by atoms with E-state index >= 15 is 0 Å². The van der Waals surface area contributed by atoms with Gasteiger partial charge in [-0.05, 0) is 35.9 Å². The molecule has 8 nitrogen and oxygen atoms in total. The summed E-state index contributed by atoms with van der Waals surface area (Å²) in [6, 6.07) is 10.5. The van der Waals surface area contributed by atoms with E-state index in [1.54, 1.807) is 18.2 Å². The molecule has 0 saturated carbocycles. The van der Waals surface area contributed by atoms with Gasteiger partial charge in [-0.15, -0.1) is 0 Å². The zero-order chi connectivity index (χ0) is 23.5. The number of β-amino-alcohol motifs (C(OH)–C–C–N with tert-alkyl or cyclic N) is 1. The number of amides is 2.